The SMILES string of the molecule is Cc1cc(-n2ccnc2)c2cccc(OCc3c(Cl)ccc(S(=O)(=O)N4CCC[C@H]4C(=O)NCC4CCN(CCC(=O)O)CC4)c3Cl)c2n1.O=C(O)C(O)C(O)C(=O)O. The van der Waals surface area contributed by atoms with Crippen LogP contribution in [0.1, 0.15) is 43.4 Å². The molecule has 2 fully saturated rings. The van der Waals surface area contributed by atoms with Gasteiger partial charge in [-0.3, -0.25) is 9.59 Å². The van der Waals surface area contributed by atoms with Crippen LogP contribution in [-0.2, 0) is 35.8 Å². The van der Waals surface area contributed by atoms with E-state index in [1.54, 1.807) is 18.6 Å². The first-order valence-corrected chi connectivity index (χ1v) is 20.7. The zero-order valence-electron chi connectivity index (χ0n) is 31.8. The van der Waals surface area contributed by atoms with Crippen molar-refractivity contribution in [1.29, 1.82) is 0 Å². The number of para-hydroxylation sites is 1. The zero-order valence-corrected chi connectivity index (χ0v) is 34.1. The number of rotatable bonds is 15. The number of carboxylic acid groups (broad SMARTS) is 3. The van der Waals surface area contributed by atoms with E-state index in [1.807, 2.05) is 35.9 Å². The first kappa shape index (κ1) is 45.2. The number of aromatic nitrogens is 3. The number of hydrogen-bond donors (Lipinski definition) is 6. The first-order chi connectivity index (χ1) is 28.0. The molecule has 3 atom stereocenters. The van der Waals surface area contributed by atoms with Crippen LogP contribution in [-0.4, -0.2) is 132 Å². The maximum Gasteiger partial charge on any atom is 0.335 e. The van der Waals surface area contributed by atoms with E-state index in [1.165, 1.54) is 16.4 Å². The number of aryl methyl sites for hydroxylation is 1. The number of aliphatic hydroxyl groups is 2. The van der Waals surface area contributed by atoms with Gasteiger partial charge in [-0.15, -0.1) is 0 Å². The van der Waals surface area contributed by atoms with Gasteiger partial charge in [-0.25, -0.2) is 28.0 Å². The number of sulfonamides is 1. The van der Waals surface area contributed by atoms with E-state index in [-0.39, 0.29) is 46.3 Å². The van der Waals surface area contributed by atoms with Crippen molar-refractivity contribution in [1.82, 2.24) is 29.1 Å². The number of hydrogen-bond acceptors (Lipinski definition) is 12. The van der Waals surface area contributed by atoms with Crippen LogP contribution >= 0.6 is 23.2 Å². The van der Waals surface area contributed by atoms with E-state index in [4.69, 9.17) is 58.5 Å². The average molecular weight is 880 g/mol. The number of aliphatic carboxylic acids is 3. The summed E-state index contributed by atoms with van der Waals surface area (Å²) >= 11 is 13.3. The molecule has 0 bridgehead atoms. The Kier molecular flexibility index (Phi) is 15.3. The van der Waals surface area contributed by atoms with E-state index in [0.717, 1.165) is 42.7 Å². The summed E-state index contributed by atoms with van der Waals surface area (Å²) in [6, 6.07) is 9.52. The Morgan fingerprint density at radius 2 is 1.68 bits per heavy atom. The van der Waals surface area contributed by atoms with Gasteiger partial charge < -0.3 is 45.1 Å². The fraction of sp³-hybridized carbons (Fsp3) is 0.421. The number of nitrogens with zero attached hydrogens (tertiary/aromatic N) is 5. The number of imidazole rings is 1. The van der Waals surface area contributed by atoms with Crippen molar-refractivity contribution >= 4 is 67.9 Å². The molecule has 4 heterocycles. The molecule has 4 aromatic rings. The van der Waals surface area contributed by atoms with Gasteiger partial charge in [0, 0.05) is 53.7 Å². The number of benzene rings is 2. The fourth-order valence-corrected chi connectivity index (χ4v) is 9.36. The quantitative estimate of drug-likeness (QED) is 0.100. The van der Waals surface area contributed by atoms with Crippen LogP contribution in [0.5, 0.6) is 5.75 Å². The number of pyridine rings is 1. The molecule has 1 amide bonds. The second-order valence-electron chi connectivity index (χ2n) is 14.0. The summed E-state index contributed by atoms with van der Waals surface area (Å²) in [5.41, 5.74) is 2.59. The van der Waals surface area contributed by atoms with Crippen molar-refractivity contribution < 1.29 is 57.9 Å². The van der Waals surface area contributed by atoms with Crippen LogP contribution < -0.4 is 10.1 Å². The van der Waals surface area contributed by atoms with Gasteiger partial charge in [0.25, 0.3) is 0 Å². The number of carboxylic acids is 3. The van der Waals surface area contributed by atoms with Crippen molar-refractivity contribution in [3.8, 4) is 11.4 Å². The number of likely N-dealkylation sites (tertiary alicyclic amines) is 1. The van der Waals surface area contributed by atoms with Gasteiger partial charge in [0.15, 0.2) is 12.2 Å². The van der Waals surface area contributed by atoms with Gasteiger partial charge in [0.2, 0.25) is 15.9 Å². The number of aliphatic hydroxyl groups excluding tert-OH is 2. The fourth-order valence-electron chi connectivity index (χ4n) is 6.83. The minimum Gasteiger partial charge on any atom is -0.487 e. The topological polar surface area (TPSA) is 262 Å². The summed E-state index contributed by atoms with van der Waals surface area (Å²) < 4.78 is 37.4. The van der Waals surface area contributed by atoms with Crippen LogP contribution in [0.2, 0.25) is 10.0 Å². The largest absolute Gasteiger partial charge is 0.487 e. The standard InChI is InChI=1S/C34H38Cl2N6O6S.C4H6O6/c1-22-18-28(41-17-12-37-21-41)24-4-2-6-29(33(24)39-22)48-20-25-26(35)7-8-30(32(25)36)49(46,47)42-13-3-5-27(42)34(45)38-19-23-9-14-40(15-10-23)16-11-31(43)44;5-1(3(7)8)2(6)4(9)10/h2,4,6-8,12,17-18,21,23,27H,3,5,9-11,13-16,19-20H2,1H3,(H,38,45)(H,43,44);1-2,5-6H,(H,7,8)(H,9,10)/t27-;/m0./s1. The molecule has 21 heteroatoms. The summed E-state index contributed by atoms with van der Waals surface area (Å²) in [6.45, 7) is 4.44. The Bertz CT molecular complexity index is 2250. The number of fused-ring (bicyclic) bond motifs is 1. The third-order valence-electron chi connectivity index (χ3n) is 10.0. The van der Waals surface area contributed by atoms with Gasteiger partial charge in [-0.2, -0.15) is 4.31 Å². The molecule has 2 aliphatic rings. The number of amides is 1. The molecule has 2 aromatic heterocycles. The van der Waals surface area contributed by atoms with Crippen molar-refractivity contribution in [3.05, 3.63) is 76.4 Å². The van der Waals surface area contributed by atoms with Crippen molar-refractivity contribution in [2.75, 3.05) is 32.7 Å². The molecule has 2 aromatic carbocycles. The van der Waals surface area contributed by atoms with E-state index >= 15 is 0 Å². The predicted octanol–water partition coefficient (Wildman–Crippen LogP) is 2.95. The highest BCUT2D eigenvalue weighted by molar-refractivity contribution is 7.89. The Hall–Kier alpha value is -4.89. The second kappa shape index (κ2) is 19.9. The Labute approximate surface area is 349 Å². The Morgan fingerprint density at radius 1 is 0.983 bits per heavy atom. The van der Waals surface area contributed by atoms with Crippen LogP contribution in [0.3, 0.4) is 0 Å². The molecule has 0 aliphatic carbocycles. The molecule has 0 spiro atoms. The molecule has 0 radical (unpaired) electrons. The van der Waals surface area contributed by atoms with Gasteiger partial charge in [0.05, 0.1) is 23.5 Å². The summed E-state index contributed by atoms with van der Waals surface area (Å²) in [5, 5.41) is 45.5. The molecule has 6 N–H and O–H groups in total. The number of halogens is 2. The van der Waals surface area contributed by atoms with Crippen LogP contribution in [0.4, 0.5) is 0 Å². The van der Waals surface area contributed by atoms with Crippen molar-refractivity contribution in [2.45, 2.75) is 68.8 Å². The smallest absolute Gasteiger partial charge is 0.335 e. The van der Waals surface area contributed by atoms with Crippen molar-refractivity contribution in [3.63, 3.8) is 0 Å². The van der Waals surface area contributed by atoms with E-state index in [9.17, 15) is 27.6 Å². The van der Waals surface area contributed by atoms with Crippen LogP contribution in [0.15, 0.2) is 60.0 Å². The normalized spacial score (nSPS) is 17.5. The zero-order chi connectivity index (χ0) is 43.0. The first-order valence-electron chi connectivity index (χ1n) is 18.5. The van der Waals surface area contributed by atoms with Gasteiger partial charge >= 0.3 is 17.9 Å². The lowest BCUT2D eigenvalue weighted by Crippen LogP contribution is -2.47. The maximum absolute atomic E-state index is 14.0. The molecule has 0 saturated carbocycles. The molecule has 18 nitrogen and oxygen atoms in total. The number of piperidine rings is 1. The lowest BCUT2D eigenvalue weighted by Gasteiger charge is -2.32. The molecule has 2 unspecified atom stereocenters. The number of carbonyl (C=O) groups is 4. The van der Waals surface area contributed by atoms with E-state index in [2.05, 4.69) is 15.2 Å². The second-order valence-corrected chi connectivity index (χ2v) is 16.7. The minimum atomic E-state index is -4.17. The van der Waals surface area contributed by atoms with Crippen LogP contribution in [0, 0.1) is 12.8 Å². The minimum absolute atomic E-state index is 0.0586. The highest BCUT2D eigenvalue weighted by Crippen LogP contribution is 2.37. The summed E-state index contributed by atoms with van der Waals surface area (Å²) in [7, 11) is -4.17. The Morgan fingerprint density at radius 3 is 2.31 bits per heavy atom. The van der Waals surface area contributed by atoms with Crippen molar-refractivity contribution in [2.24, 2.45) is 5.92 Å². The van der Waals surface area contributed by atoms with Gasteiger partial charge in [-0.1, -0.05) is 35.3 Å². The molecule has 59 heavy (non-hydrogen) atoms. The van der Waals surface area contributed by atoms with E-state index < -0.39 is 46.2 Å². The summed E-state index contributed by atoms with van der Waals surface area (Å²) in [4.78, 5) is 54.6. The third kappa shape index (κ3) is 11.0. The molecule has 6 rings (SSSR count). The lowest BCUT2D eigenvalue weighted by molar-refractivity contribution is -0.165. The molecule has 2 aliphatic heterocycles. The highest BCUT2D eigenvalue weighted by Gasteiger charge is 2.41. The average Bonchev–Trinajstić information content (AvgIpc) is 3.93. The Balaban J connectivity index is 0.000000586. The monoisotopic (exact) mass is 878 g/mol. The predicted molar refractivity (Wildman–Crippen MR) is 213 cm³/mol. The van der Waals surface area contributed by atoms with Gasteiger partial charge in [-0.05, 0) is 75.9 Å². The third-order valence-corrected chi connectivity index (χ3v) is 12.9. The molecular weight excluding hydrogens is 835 g/mol. The maximum atomic E-state index is 14.0. The molecular formula is C38H44Cl2N6O12S. The molecule has 318 valence electrons. The molecule has 2 saturated heterocycles. The van der Waals surface area contributed by atoms with Gasteiger partial charge in [0.1, 0.15) is 28.8 Å². The number of carbonyl (C=O) groups excluding carboxylic acids is 1. The highest BCUT2D eigenvalue weighted by atomic mass is 35.5. The summed E-state index contributed by atoms with van der Waals surface area (Å²) in [6.07, 6.45) is 3.42. The van der Waals surface area contributed by atoms with Crippen LogP contribution in [0.25, 0.3) is 16.6 Å². The number of ether oxygens (including phenoxy) is 1. The van der Waals surface area contributed by atoms with E-state index in [0.29, 0.717) is 42.8 Å². The number of nitrogens with one attached hydrogen (secondary N) is 1. The lowest BCUT2D eigenvalue weighted by atomic mass is 9.96. The summed E-state index contributed by atoms with van der Waals surface area (Å²) in [5.74, 6) is -3.97.